The van der Waals surface area contributed by atoms with Crippen LogP contribution < -0.4 is 5.32 Å². The minimum atomic E-state index is -0.248. The number of benzene rings is 1. The molecule has 1 fully saturated rings. The van der Waals surface area contributed by atoms with E-state index in [2.05, 4.69) is 5.32 Å². The van der Waals surface area contributed by atoms with Gasteiger partial charge in [0.1, 0.15) is 0 Å². The van der Waals surface area contributed by atoms with E-state index < -0.39 is 0 Å². The summed E-state index contributed by atoms with van der Waals surface area (Å²) in [5.41, 5.74) is 0.532. The summed E-state index contributed by atoms with van der Waals surface area (Å²) in [7, 11) is 0. The van der Waals surface area contributed by atoms with Crippen LogP contribution in [0.5, 0.6) is 0 Å². The van der Waals surface area contributed by atoms with Crippen molar-refractivity contribution in [2.24, 2.45) is 5.92 Å². The molecule has 2 aromatic rings. The van der Waals surface area contributed by atoms with Gasteiger partial charge in [0.15, 0.2) is 11.3 Å². The molecule has 106 valence electrons. The fraction of sp³-hybridized carbons (Fsp3) is 0.400. The largest absolute Gasteiger partial charge is 0.449 e. The Balaban J connectivity index is 1.79. The van der Waals surface area contributed by atoms with Gasteiger partial charge in [0.05, 0.1) is 5.02 Å². The fourth-order valence-corrected chi connectivity index (χ4v) is 2.66. The van der Waals surface area contributed by atoms with Crippen molar-refractivity contribution < 1.29 is 14.3 Å². The number of aliphatic hydroxyl groups excluding tert-OH is 1. The maximum Gasteiger partial charge on any atom is 0.287 e. The van der Waals surface area contributed by atoms with E-state index in [1.54, 1.807) is 12.1 Å². The van der Waals surface area contributed by atoms with Gasteiger partial charge in [-0.3, -0.25) is 4.79 Å². The summed E-state index contributed by atoms with van der Waals surface area (Å²) in [6.45, 7) is 0.0768. The molecule has 1 amide bonds. The second-order valence-corrected chi connectivity index (χ2v) is 5.61. The lowest BCUT2D eigenvalue weighted by Crippen LogP contribution is -2.36. The summed E-state index contributed by atoms with van der Waals surface area (Å²) in [6.07, 6.45) is 2.80. The molecule has 2 N–H and O–H groups in total. The second-order valence-electron chi connectivity index (χ2n) is 5.20. The van der Waals surface area contributed by atoms with Gasteiger partial charge in [-0.15, -0.1) is 0 Å². The molecule has 0 bridgehead atoms. The van der Waals surface area contributed by atoms with Gasteiger partial charge in [0, 0.05) is 18.0 Å². The van der Waals surface area contributed by atoms with Gasteiger partial charge in [0.25, 0.3) is 5.91 Å². The Hall–Kier alpha value is -1.52. The summed E-state index contributed by atoms with van der Waals surface area (Å²) < 4.78 is 5.53. The van der Waals surface area contributed by atoms with Gasteiger partial charge in [-0.05, 0) is 37.3 Å². The Kier molecular flexibility index (Phi) is 3.68. The Morgan fingerprint density at radius 3 is 2.95 bits per heavy atom. The van der Waals surface area contributed by atoms with Crippen LogP contribution in [0.2, 0.25) is 5.02 Å². The normalized spacial score (nSPS) is 16.3. The minimum absolute atomic E-state index is 0.0242. The van der Waals surface area contributed by atoms with Crippen LogP contribution in [0.15, 0.2) is 28.7 Å². The van der Waals surface area contributed by atoms with E-state index in [-0.39, 0.29) is 24.3 Å². The van der Waals surface area contributed by atoms with E-state index in [0.29, 0.717) is 22.9 Å². The predicted octanol–water partition coefficient (Wildman–Crippen LogP) is 2.98. The number of carbonyl (C=O) groups is 1. The minimum Gasteiger partial charge on any atom is -0.449 e. The van der Waals surface area contributed by atoms with Gasteiger partial charge in [0.2, 0.25) is 0 Å². The van der Waals surface area contributed by atoms with Crippen LogP contribution in [0.4, 0.5) is 0 Å². The fourth-order valence-electron chi connectivity index (χ4n) is 2.44. The van der Waals surface area contributed by atoms with Crippen LogP contribution in [0.1, 0.15) is 29.8 Å². The maximum absolute atomic E-state index is 12.2. The Morgan fingerprint density at radius 1 is 1.50 bits per heavy atom. The number of hydrogen-bond acceptors (Lipinski definition) is 3. The molecule has 0 spiro atoms. The number of aliphatic hydroxyl groups is 1. The Bertz CT molecular complexity index is 633. The third-order valence-electron chi connectivity index (χ3n) is 3.67. The smallest absolute Gasteiger partial charge is 0.287 e. The average molecular weight is 294 g/mol. The summed E-state index contributed by atoms with van der Waals surface area (Å²) >= 11 is 6.03. The summed E-state index contributed by atoms with van der Waals surface area (Å²) in [4.78, 5) is 12.2. The van der Waals surface area contributed by atoms with E-state index in [0.717, 1.165) is 18.2 Å². The van der Waals surface area contributed by atoms with E-state index >= 15 is 0 Å². The van der Waals surface area contributed by atoms with Crippen LogP contribution >= 0.6 is 11.6 Å². The first-order chi connectivity index (χ1) is 9.69. The SMILES string of the molecule is O=C(NC(CCO)C1CC1)c1cc2cccc(Cl)c2o1. The molecule has 3 rings (SSSR count). The molecule has 1 heterocycles. The lowest BCUT2D eigenvalue weighted by molar-refractivity contribution is 0.0898. The maximum atomic E-state index is 12.2. The molecule has 0 saturated heterocycles. The van der Waals surface area contributed by atoms with Gasteiger partial charge in [-0.1, -0.05) is 23.7 Å². The lowest BCUT2D eigenvalue weighted by atomic mass is 10.1. The molecule has 1 aliphatic carbocycles. The summed E-state index contributed by atoms with van der Waals surface area (Å²) in [5, 5.41) is 13.3. The standard InChI is InChI=1S/C15H16ClNO3/c16-11-3-1-2-10-8-13(20-14(10)11)15(19)17-12(6-7-18)9-4-5-9/h1-3,8-9,12,18H,4-7H2,(H,17,19). The number of carbonyl (C=O) groups excluding carboxylic acids is 1. The number of halogens is 1. The highest BCUT2D eigenvalue weighted by Gasteiger charge is 2.32. The molecular formula is C15H16ClNO3. The topological polar surface area (TPSA) is 62.5 Å². The highest BCUT2D eigenvalue weighted by atomic mass is 35.5. The van der Waals surface area contributed by atoms with Crippen molar-refractivity contribution in [3.63, 3.8) is 0 Å². The number of para-hydroxylation sites is 1. The molecule has 0 aliphatic heterocycles. The number of nitrogens with one attached hydrogen (secondary N) is 1. The Labute approximate surface area is 121 Å². The summed E-state index contributed by atoms with van der Waals surface area (Å²) in [6, 6.07) is 7.12. The average Bonchev–Trinajstić information content (AvgIpc) is 3.17. The van der Waals surface area contributed by atoms with Crippen LogP contribution in [0.25, 0.3) is 11.0 Å². The predicted molar refractivity (Wildman–Crippen MR) is 76.9 cm³/mol. The van der Waals surface area contributed by atoms with Gasteiger partial charge in [-0.25, -0.2) is 0 Å². The highest BCUT2D eigenvalue weighted by Crippen LogP contribution is 2.34. The number of furan rings is 1. The molecule has 1 aromatic heterocycles. The van der Waals surface area contributed by atoms with Crippen molar-refractivity contribution in [3.8, 4) is 0 Å². The van der Waals surface area contributed by atoms with Crippen LogP contribution in [0.3, 0.4) is 0 Å². The highest BCUT2D eigenvalue weighted by molar-refractivity contribution is 6.34. The molecule has 1 atom stereocenters. The first-order valence-electron chi connectivity index (χ1n) is 6.79. The quantitative estimate of drug-likeness (QED) is 0.891. The monoisotopic (exact) mass is 293 g/mol. The van der Waals surface area contributed by atoms with Crippen molar-refractivity contribution >= 4 is 28.5 Å². The first-order valence-corrected chi connectivity index (χ1v) is 7.16. The number of hydrogen-bond donors (Lipinski definition) is 2. The number of fused-ring (bicyclic) bond motifs is 1. The molecule has 4 nitrogen and oxygen atoms in total. The van der Waals surface area contributed by atoms with E-state index in [1.165, 1.54) is 0 Å². The lowest BCUT2D eigenvalue weighted by Gasteiger charge is -2.15. The Morgan fingerprint density at radius 2 is 2.30 bits per heavy atom. The van der Waals surface area contributed by atoms with Crippen molar-refractivity contribution in [2.45, 2.75) is 25.3 Å². The number of rotatable bonds is 5. The molecule has 0 radical (unpaired) electrons. The van der Waals surface area contributed by atoms with E-state index in [9.17, 15) is 4.79 Å². The van der Waals surface area contributed by atoms with Gasteiger partial charge in [-0.2, -0.15) is 0 Å². The van der Waals surface area contributed by atoms with E-state index in [4.69, 9.17) is 21.1 Å². The zero-order chi connectivity index (χ0) is 14.1. The molecule has 5 heteroatoms. The van der Waals surface area contributed by atoms with Crippen molar-refractivity contribution in [1.82, 2.24) is 5.32 Å². The van der Waals surface area contributed by atoms with Crippen molar-refractivity contribution in [3.05, 3.63) is 35.0 Å². The van der Waals surface area contributed by atoms with Crippen LogP contribution in [0, 0.1) is 5.92 Å². The van der Waals surface area contributed by atoms with Gasteiger partial charge >= 0.3 is 0 Å². The third-order valence-corrected chi connectivity index (χ3v) is 3.97. The van der Waals surface area contributed by atoms with Crippen LogP contribution in [-0.4, -0.2) is 23.7 Å². The van der Waals surface area contributed by atoms with Crippen molar-refractivity contribution in [1.29, 1.82) is 0 Å². The molecular weight excluding hydrogens is 278 g/mol. The molecule has 1 saturated carbocycles. The van der Waals surface area contributed by atoms with Gasteiger partial charge < -0.3 is 14.8 Å². The molecule has 20 heavy (non-hydrogen) atoms. The molecule has 1 aliphatic rings. The third kappa shape index (κ3) is 2.67. The first kappa shape index (κ1) is 13.5. The van der Waals surface area contributed by atoms with Crippen LogP contribution in [-0.2, 0) is 0 Å². The number of amides is 1. The van der Waals surface area contributed by atoms with Crippen molar-refractivity contribution in [2.75, 3.05) is 6.61 Å². The summed E-state index contributed by atoms with van der Waals surface area (Å²) in [5.74, 6) is 0.498. The zero-order valence-electron chi connectivity index (χ0n) is 10.9. The second kappa shape index (κ2) is 5.46. The molecule has 1 aromatic carbocycles. The van der Waals surface area contributed by atoms with E-state index in [1.807, 2.05) is 12.1 Å². The molecule has 1 unspecified atom stereocenters. The zero-order valence-corrected chi connectivity index (χ0v) is 11.7.